The molecule has 2 nitrogen and oxygen atoms in total. The first-order valence-corrected chi connectivity index (χ1v) is 5.92. The van der Waals surface area contributed by atoms with E-state index in [4.69, 9.17) is 22.1 Å². The Hall–Kier alpha value is -1.46. The number of alkyl halides is 3. The minimum atomic E-state index is -4.50. The molecule has 0 fully saturated rings. The first-order valence-electron chi connectivity index (χ1n) is 5.54. The van der Waals surface area contributed by atoms with Gasteiger partial charge in [0.05, 0.1) is 0 Å². The third-order valence-corrected chi connectivity index (χ3v) is 3.01. The zero-order chi connectivity index (χ0) is 14.0. The molecule has 6 heteroatoms. The minimum absolute atomic E-state index is 0.118. The first-order chi connectivity index (χ1) is 8.93. The molecule has 2 aromatic carbocycles. The summed E-state index contributed by atoms with van der Waals surface area (Å²) in [7, 11) is 0. The van der Waals surface area contributed by atoms with Crippen molar-refractivity contribution in [2.24, 2.45) is 5.73 Å². The van der Waals surface area contributed by atoms with Gasteiger partial charge in [0.25, 0.3) is 0 Å². The largest absolute Gasteiger partial charge is 0.479 e. The summed E-state index contributed by atoms with van der Waals surface area (Å²) in [5.74, 6) is 0.118. The van der Waals surface area contributed by atoms with Crippen LogP contribution in [0.2, 0.25) is 5.02 Å². The van der Waals surface area contributed by atoms with Crippen molar-refractivity contribution in [3.63, 3.8) is 0 Å². The zero-order valence-corrected chi connectivity index (χ0v) is 10.5. The van der Waals surface area contributed by atoms with Crippen molar-refractivity contribution in [1.82, 2.24) is 0 Å². The topological polar surface area (TPSA) is 35.2 Å². The van der Waals surface area contributed by atoms with Gasteiger partial charge in [0.2, 0.25) is 6.10 Å². The van der Waals surface area contributed by atoms with E-state index in [2.05, 4.69) is 0 Å². The Bertz CT molecular complexity index is 586. The molecule has 0 bridgehead atoms. The maximum Gasteiger partial charge on any atom is 0.426 e. The number of hydrogen-bond donors (Lipinski definition) is 1. The van der Waals surface area contributed by atoms with Gasteiger partial charge in [-0.25, -0.2) is 0 Å². The molecule has 2 aromatic rings. The molecule has 1 unspecified atom stereocenters. The fraction of sp³-hybridized carbons (Fsp3) is 0.231. The summed E-state index contributed by atoms with van der Waals surface area (Å²) in [5.41, 5.74) is 5.11. The van der Waals surface area contributed by atoms with Crippen LogP contribution in [0.1, 0.15) is 0 Å². The number of fused-ring (bicyclic) bond motifs is 1. The van der Waals surface area contributed by atoms with E-state index in [0.29, 0.717) is 15.8 Å². The van der Waals surface area contributed by atoms with Gasteiger partial charge in [0.1, 0.15) is 5.75 Å². The van der Waals surface area contributed by atoms with Crippen molar-refractivity contribution in [1.29, 1.82) is 0 Å². The molecule has 0 saturated carbocycles. The van der Waals surface area contributed by atoms with Crippen molar-refractivity contribution in [3.05, 3.63) is 41.4 Å². The Kier molecular flexibility index (Phi) is 3.87. The highest BCUT2D eigenvalue weighted by Crippen LogP contribution is 2.33. The zero-order valence-electron chi connectivity index (χ0n) is 9.75. The maximum absolute atomic E-state index is 12.7. The Morgan fingerprint density at radius 3 is 2.32 bits per heavy atom. The average molecular weight is 290 g/mol. The van der Waals surface area contributed by atoms with Gasteiger partial charge in [-0.1, -0.05) is 35.9 Å². The third kappa shape index (κ3) is 2.93. The summed E-state index contributed by atoms with van der Waals surface area (Å²) >= 11 is 5.99. The van der Waals surface area contributed by atoms with E-state index >= 15 is 0 Å². The number of hydrogen-bond acceptors (Lipinski definition) is 2. The molecule has 19 heavy (non-hydrogen) atoms. The smallest absolute Gasteiger partial charge is 0.426 e. The van der Waals surface area contributed by atoms with Gasteiger partial charge in [-0.05, 0) is 12.1 Å². The van der Waals surface area contributed by atoms with Crippen LogP contribution in [0.15, 0.2) is 36.4 Å². The monoisotopic (exact) mass is 289 g/mol. The van der Waals surface area contributed by atoms with E-state index in [9.17, 15) is 13.2 Å². The highest BCUT2D eigenvalue weighted by Gasteiger charge is 2.41. The second-order valence-corrected chi connectivity index (χ2v) is 4.38. The highest BCUT2D eigenvalue weighted by molar-refractivity contribution is 6.35. The predicted octanol–water partition coefficient (Wildman–Crippen LogP) is 3.76. The van der Waals surface area contributed by atoms with E-state index in [1.165, 1.54) is 12.1 Å². The molecule has 0 radical (unpaired) electrons. The molecular weight excluding hydrogens is 279 g/mol. The molecule has 0 aliphatic carbocycles. The number of nitrogens with two attached hydrogens (primary N) is 1. The molecule has 0 amide bonds. The van der Waals surface area contributed by atoms with Crippen molar-refractivity contribution < 1.29 is 17.9 Å². The Morgan fingerprint density at radius 1 is 1.11 bits per heavy atom. The van der Waals surface area contributed by atoms with Gasteiger partial charge in [-0.15, -0.1) is 0 Å². The van der Waals surface area contributed by atoms with E-state index in [0.717, 1.165) is 0 Å². The summed E-state index contributed by atoms with van der Waals surface area (Å²) in [6, 6.07) is 9.75. The molecule has 0 aliphatic heterocycles. The third-order valence-electron chi connectivity index (χ3n) is 2.68. The molecular formula is C13H11ClF3NO. The molecule has 0 heterocycles. The van der Waals surface area contributed by atoms with Gasteiger partial charge in [-0.2, -0.15) is 13.2 Å². The molecule has 0 saturated heterocycles. The van der Waals surface area contributed by atoms with Crippen LogP contribution in [-0.2, 0) is 0 Å². The lowest BCUT2D eigenvalue weighted by molar-refractivity contribution is -0.191. The van der Waals surface area contributed by atoms with Crippen LogP contribution in [-0.4, -0.2) is 18.8 Å². The molecule has 2 rings (SSSR count). The minimum Gasteiger partial charge on any atom is -0.479 e. The lowest BCUT2D eigenvalue weighted by atomic mass is 10.1. The Balaban J connectivity index is 2.44. The standard InChI is InChI=1S/C13H11ClF3NO/c14-10-5-6-11(9-4-2-1-3-8(9)10)19-12(7-18)13(15,16)17/h1-6,12H,7,18H2. The normalized spacial score (nSPS) is 13.5. The quantitative estimate of drug-likeness (QED) is 0.934. The summed E-state index contributed by atoms with van der Waals surface area (Å²) < 4.78 is 43.0. The van der Waals surface area contributed by atoms with Crippen LogP contribution in [0.3, 0.4) is 0 Å². The summed E-state index contributed by atoms with van der Waals surface area (Å²) in [6.07, 6.45) is -6.53. The van der Waals surface area contributed by atoms with E-state index in [-0.39, 0.29) is 5.75 Å². The molecule has 2 N–H and O–H groups in total. The lowest BCUT2D eigenvalue weighted by Gasteiger charge is -2.21. The molecule has 0 spiro atoms. The predicted molar refractivity (Wildman–Crippen MR) is 68.5 cm³/mol. The summed E-state index contributed by atoms with van der Waals surface area (Å²) in [6.45, 7) is -0.638. The number of halogens is 4. The van der Waals surface area contributed by atoms with Crippen molar-refractivity contribution >= 4 is 22.4 Å². The van der Waals surface area contributed by atoms with Gasteiger partial charge in [0, 0.05) is 22.3 Å². The molecule has 1 atom stereocenters. The Labute approximate surface area is 112 Å². The molecule has 0 aliphatic rings. The number of rotatable bonds is 3. The van der Waals surface area contributed by atoms with Gasteiger partial charge in [-0.3, -0.25) is 0 Å². The van der Waals surface area contributed by atoms with Crippen LogP contribution in [0.4, 0.5) is 13.2 Å². The van der Waals surface area contributed by atoms with Crippen LogP contribution in [0.5, 0.6) is 5.75 Å². The van der Waals surface area contributed by atoms with Crippen LogP contribution in [0, 0.1) is 0 Å². The molecule has 102 valence electrons. The van der Waals surface area contributed by atoms with Crippen molar-refractivity contribution in [2.75, 3.05) is 6.54 Å². The second-order valence-electron chi connectivity index (χ2n) is 3.97. The average Bonchev–Trinajstić information content (AvgIpc) is 2.37. The van der Waals surface area contributed by atoms with E-state index in [1.54, 1.807) is 24.3 Å². The first kappa shape index (κ1) is 14.0. The van der Waals surface area contributed by atoms with Crippen LogP contribution >= 0.6 is 11.6 Å². The summed E-state index contributed by atoms with van der Waals surface area (Å²) in [4.78, 5) is 0. The van der Waals surface area contributed by atoms with Gasteiger partial charge < -0.3 is 10.5 Å². The van der Waals surface area contributed by atoms with Gasteiger partial charge in [0.15, 0.2) is 0 Å². The summed E-state index contributed by atoms with van der Waals surface area (Å²) in [5, 5.41) is 1.62. The van der Waals surface area contributed by atoms with E-state index < -0.39 is 18.8 Å². The van der Waals surface area contributed by atoms with Crippen molar-refractivity contribution in [2.45, 2.75) is 12.3 Å². The number of ether oxygens (including phenoxy) is 1. The highest BCUT2D eigenvalue weighted by atomic mass is 35.5. The number of benzene rings is 2. The SMILES string of the molecule is NCC(Oc1ccc(Cl)c2ccccc12)C(F)(F)F. The van der Waals surface area contributed by atoms with Crippen LogP contribution < -0.4 is 10.5 Å². The molecule has 0 aromatic heterocycles. The van der Waals surface area contributed by atoms with Crippen LogP contribution in [0.25, 0.3) is 10.8 Å². The van der Waals surface area contributed by atoms with Crippen molar-refractivity contribution in [3.8, 4) is 5.75 Å². The second kappa shape index (κ2) is 5.27. The van der Waals surface area contributed by atoms with Gasteiger partial charge >= 0.3 is 6.18 Å². The maximum atomic E-state index is 12.7. The fourth-order valence-corrected chi connectivity index (χ4v) is 1.97. The lowest BCUT2D eigenvalue weighted by Crippen LogP contribution is -2.40. The van der Waals surface area contributed by atoms with E-state index in [1.807, 2.05) is 0 Å². The fourth-order valence-electron chi connectivity index (χ4n) is 1.74. The Morgan fingerprint density at radius 2 is 1.74 bits per heavy atom.